The minimum absolute atomic E-state index is 0.189. The van der Waals surface area contributed by atoms with E-state index in [-0.39, 0.29) is 11.5 Å². The van der Waals surface area contributed by atoms with Crippen molar-refractivity contribution in [1.82, 2.24) is 0 Å². The quantitative estimate of drug-likeness (QED) is 0.856. The van der Waals surface area contributed by atoms with Gasteiger partial charge >= 0.3 is 0 Å². The van der Waals surface area contributed by atoms with Gasteiger partial charge in [-0.15, -0.1) is 0 Å². The second kappa shape index (κ2) is 8.67. The fraction of sp³-hybridized carbons (Fsp3) is 0.533. The van der Waals surface area contributed by atoms with Gasteiger partial charge in [-0.25, -0.2) is 4.39 Å². The van der Waals surface area contributed by atoms with Gasteiger partial charge < -0.3 is 5.73 Å². The number of primary amides is 1. The van der Waals surface area contributed by atoms with E-state index < -0.39 is 11.7 Å². The highest BCUT2D eigenvalue weighted by Gasteiger charge is 2.07. The first-order valence-corrected chi connectivity index (χ1v) is 6.52. The van der Waals surface area contributed by atoms with E-state index in [0.717, 1.165) is 11.6 Å². The topological polar surface area (TPSA) is 43.1 Å². The first kappa shape index (κ1) is 16.6. The summed E-state index contributed by atoms with van der Waals surface area (Å²) in [5, 5.41) is 0. The third-order valence-electron chi connectivity index (χ3n) is 2.58. The largest absolute Gasteiger partial charge is 0.366 e. The molecular formula is C15H24FNO. The van der Waals surface area contributed by atoms with E-state index in [1.165, 1.54) is 25.3 Å². The van der Waals surface area contributed by atoms with Gasteiger partial charge in [0, 0.05) is 5.56 Å². The first-order valence-electron chi connectivity index (χ1n) is 6.52. The summed E-state index contributed by atoms with van der Waals surface area (Å²) in [4.78, 5) is 10.8. The summed E-state index contributed by atoms with van der Waals surface area (Å²) in [5.74, 6) is -0.824. The summed E-state index contributed by atoms with van der Waals surface area (Å²) in [6, 6.07) is 4.18. The Morgan fingerprint density at radius 2 is 1.78 bits per heavy atom. The zero-order valence-corrected chi connectivity index (χ0v) is 11.8. The summed E-state index contributed by atoms with van der Waals surface area (Å²) in [6.45, 7) is 8.28. The van der Waals surface area contributed by atoms with Crippen molar-refractivity contribution in [3.8, 4) is 0 Å². The van der Waals surface area contributed by atoms with Gasteiger partial charge in [0.05, 0.1) is 0 Å². The highest BCUT2D eigenvalue weighted by Crippen LogP contribution is 2.17. The van der Waals surface area contributed by atoms with Crippen LogP contribution in [0.1, 0.15) is 68.8 Å². The predicted octanol–water partition coefficient (Wildman–Crippen LogP) is 4.24. The number of halogens is 1. The van der Waals surface area contributed by atoms with Crippen LogP contribution in [0, 0.1) is 5.82 Å². The molecule has 1 aromatic rings. The normalized spacial score (nSPS) is 9.89. The average Bonchev–Trinajstić information content (AvgIpc) is 2.30. The van der Waals surface area contributed by atoms with Crippen LogP contribution in [-0.4, -0.2) is 5.91 Å². The second-order valence-corrected chi connectivity index (χ2v) is 4.65. The lowest BCUT2D eigenvalue weighted by Crippen LogP contribution is -2.11. The summed E-state index contributed by atoms with van der Waals surface area (Å²) in [6.07, 6.45) is 4.08. The molecule has 0 fully saturated rings. The lowest BCUT2D eigenvalue weighted by atomic mass is 10.0. The van der Waals surface area contributed by atoms with E-state index >= 15 is 0 Å². The van der Waals surface area contributed by atoms with Crippen LogP contribution >= 0.6 is 0 Å². The molecule has 0 radical (unpaired) electrons. The number of carbonyl (C=O) groups is 1. The van der Waals surface area contributed by atoms with Crippen molar-refractivity contribution < 1.29 is 9.18 Å². The van der Waals surface area contributed by atoms with Gasteiger partial charge in [0.25, 0.3) is 0 Å². The van der Waals surface area contributed by atoms with Crippen molar-refractivity contribution in [1.29, 1.82) is 0 Å². The summed E-state index contributed by atoms with van der Waals surface area (Å²) in [7, 11) is 0. The molecule has 2 nitrogen and oxygen atoms in total. The standard InChI is InChI=1S/C10H12FNO.C5H12/c1-6(2)7-3-8(10(12)13)5-9(11)4-7;1-3-5-4-2/h3-6H,1-2H3,(H2,12,13);3-5H2,1-2H3. The number of nitrogens with two attached hydrogens (primary N) is 1. The van der Waals surface area contributed by atoms with Crippen LogP contribution in [0.25, 0.3) is 0 Å². The van der Waals surface area contributed by atoms with Crippen LogP contribution < -0.4 is 5.73 Å². The lowest BCUT2D eigenvalue weighted by molar-refractivity contribution is 0.0999. The van der Waals surface area contributed by atoms with Crippen LogP contribution in [0.4, 0.5) is 4.39 Å². The van der Waals surface area contributed by atoms with Gasteiger partial charge in [-0.2, -0.15) is 0 Å². The van der Waals surface area contributed by atoms with Crippen LogP contribution in [-0.2, 0) is 0 Å². The fourth-order valence-electron chi connectivity index (χ4n) is 1.44. The SMILES string of the molecule is CC(C)c1cc(F)cc(C(N)=O)c1.CCCCC. The van der Waals surface area contributed by atoms with Crippen molar-refractivity contribution in [3.05, 3.63) is 35.1 Å². The summed E-state index contributed by atoms with van der Waals surface area (Å²) < 4.78 is 12.9. The summed E-state index contributed by atoms with van der Waals surface area (Å²) in [5.41, 5.74) is 6.06. The first-order chi connectivity index (χ1) is 8.42. The van der Waals surface area contributed by atoms with E-state index in [9.17, 15) is 9.18 Å². The maximum Gasteiger partial charge on any atom is 0.248 e. The molecule has 0 atom stereocenters. The molecule has 0 aliphatic heterocycles. The molecule has 0 spiro atoms. The van der Waals surface area contributed by atoms with E-state index in [1.54, 1.807) is 6.07 Å². The number of hydrogen-bond acceptors (Lipinski definition) is 1. The zero-order valence-electron chi connectivity index (χ0n) is 11.8. The van der Waals surface area contributed by atoms with Crippen molar-refractivity contribution in [3.63, 3.8) is 0 Å². The third kappa shape index (κ3) is 6.38. The van der Waals surface area contributed by atoms with Crippen LogP contribution in [0.3, 0.4) is 0 Å². The molecule has 1 aromatic carbocycles. The van der Waals surface area contributed by atoms with E-state index in [1.807, 2.05) is 13.8 Å². The molecule has 1 rings (SSSR count). The van der Waals surface area contributed by atoms with Crippen LogP contribution in [0.15, 0.2) is 18.2 Å². The average molecular weight is 253 g/mol. The maximum absolute atomic E-state index is 12.9. The Hall–Kier alpha value is -1.38. The molecule has 18 heavy (non-hydrogen) atoms. The Balaban J connectivity index is 0.000000494. The van der Waals surface area contributed by atoms with Crippen LogP contribution in [0.5, 0.6) is 0 Å². The molecule has 0 aliphatic rings. The van der Waals surface area contributed by atoms with Crippen molar-refractivity contribution in [2.75, 3.05) is 0 Å². The molecule has 2 N–H and O–H groups in total. The number of rotatable bonds is 4. The Kier molecular flexibility index (Phi) is 8.01. The number of amides is 1. The minimum atomic E-state index is -0.596. The molecule has 0 unspecified atom stereocenters. The van der Waals surface area contributed by atoms with Gasteiger partial charge in [0.1, 0.15) is 5.82 Å². The Morgan fingerprint density at radius 1 is 1.22 bits per heavy atom. The van der Waals surface area contributed by atoms with Gasteiger partial charge in [0.15, 0.2) is 0 Å². The molecule has 3 heteroatoms. The Bertz CT molecular complexity index is 373. The fourth-order valence-corrected chi connectivity index (χ4v) is 1.44. The highest BCUT2D eigenvalue weighted by molar-refractivity contribution is 5.92. The molecule has 1 amide bonds. The van der Waals surface area contributed by atoms with Gasteiger partial charge in [-0.05, 0) is 29.7 Å². The minimum Gasteiger partial charge on any atom is -0.366 e. The third-order valence-corrected chi connectivity index (χ3v) is 2.58. The molecule has 0 aromatic heterocycles. The molecule has 0 heterocycles. The van der Waals surface area contributed by atoms with Crippen LogP contribution in [0.2, 0.25) is 0 Å². The highest BCUT2D eigenvalue weighted by atomic mass is 19.1. The molecule has 0 bridgehead atoms. The number of unbranched alkanes of at least 4 members (excludes halogenated alkanes) is 2. The maximum atomic E-state index is 12.9. The lowest BCUT2D eigenvalue weighted by Gasteiger charge is -2.06. The van der Waals surface area contributed by atoms with Gasteiger partial charge in [-0.1, -0.05) is 47.0 Å². The van der Waals surface area contributed by atoms with E-state index in [2.05, 4.69) is 13.8 Å². The Morgan fingerprint density at radius 3 is 2.11 bits per heavy atom. The second-order valence-electron chi connectivity index (χ2n) is 4.65. The monoisotopic (exact) mass is 253 g/mol. The number of carbonyl (C=O) groups excluding carboxylic acids is 1. The number of hydrogen-bond donors (Lipinski definition) is 1. The number of benzene rings is 1. The van der Waals surface area contributed by atoms with E-state index in [4.69, 9.17) is 5.73 Å². The Labute approximate surface area is 109 Å². The van der Waals surface area contributed by atoms with Gasteiger partial charge in [-0.3, -0.25) is 4.79 Å². The zero-order chi connectivity index (χ0) is 14.1. The molecule has 0 saturated heterocycles. The van der Waals surface area contributed by atoms with Gasteiger partial charge in [0.2, 0.25) is 5.91 Å². The molecule has 102 valence electrons. The van der Waals surface area contributed by atoms with Crippen molar-refractivity contribution in [2.24, 2.45) is 5.73 Å². The van der Waals surface area contributed by atoms with Crippen molar-refractivity contribution >= 4 is 5.91 Å². The smallest absolute Gasteiger partial charge is 0.248 e. The molecule has 0 aliphatic carbocycles. The molecule has 0 saturated carbocycles. The summed E-state index contributed by atoms with van der Waals surface area (Å²) >= 11 is 0. The predicted molar refractivity (Wildman–Crippen MR) is 74.2 cm³/mol. The van der Waals surface area contributed by atoms with E-state index in [0.29, 0.717) is 0 Å². The molecular weight excluding hydrogens is 229 g/mol. The van der Waals surface area contributed by atoms with Crippen molar-refractivity contribution in [2.45, 2.75) is 52.9 Å².